The highest BCUT2D eigenvalue weighted by Gasteiger charge is 2.66. The van der Waals surface area contributed by atoms with Crippen LogP contribution in [0.15, 0.2) is 102 Å². The molecule has 8 unspecified atom stereocenters. The van der Waals surface area contributed by atoms with E-state index in [4.69, 9.17) is 20.7 Å². The Morgan fingerprint density at radius 1 is 0.709 bits per heavy atom. The zero-order valence-corrected chi connectivity index (χ0v) is 32.1. The van der Waals surface area contributed by atoms with Crippen molar-refractivity contribution in [3.63, 3.8) is 0 Å². The van der Waals surface area contributed by atoms with Crippen molar-refractivity contribution in [1.29, 1.82) is 0 Å². The molecule has 4 nitrogen and oxygen atoms in total. The van der Waals surface area contributed by atoms with Crippen LogP contribution in [0.5, 0.6) is 11.5 Å². The molecule has 0 amide bonds. The third-order valence-electron chi connectivity index (χ3n) is 15.1. The maximum absolute atomic E-state index is 10.8. The molecule has 10 rings (SSSR count). The van der Waals surface area contributed by atoms with Crippen LogP contribution >= 0.6 is 0 Å². The summed E-state index contributed by atoms with van der Waals surface area (Å²) < 4.78 is 0. The minimum absolute atomic E-state index is 0.0241. The summed E-state index contributed by atoms with van der Waals surface area (Å²) in [6, 6.07) is 35.4. The molecule has 4 bridgehead atoms. The van der Waals surface area contributed by atoms with Crippen LogP contribution < -0.4 is 15.8 Å². The highest BCUT2D eigenvalue weighted by molar-refractivity contribution is 6.50. The number of benzene rings is 5. The first kappa shape index (κ1) is 34.8. The lowest BCUT2D eigenvalue weighted by atomic mass is 9.36. The van der Waals surface area contributed by atoms with Crippen LogP contribution in [-0.2, 0) is 11.8 Å². The second kappa shape index (κ2) is 12.9. The van der Waals surface area contributed by atoms with Gasteiger partial charge in [0.1, 0.15) is 15.7 Å². The van der Waals surface area contributed by atoms with Crippen molar-refractivity contribution < 1.29 is 10.2 Å². The fourth-order valence-electron chi connectivity index (χ4n) is 13.1. The molecule has 5 aromatic rings. The molecular weight excluding hydrogens is 670 g/mol. The lowest BCUT2D eigenvalue weighted by molar-refractivity contribution is -0.142. The Labute approximate surface area is 328 Å². The highest BCUT2D eigenvalue weighted by atomic mass is 16.3. The Morgan fingerprint density at radius 3 is 2.09 bits per heavy atom. The summed E-state index contributed by atoms with van der Waals surface area (Å²) in [5.74, 6) is 5.88. The molecule has 1 spiro atoms. The number of aromatic hydroxyl groups is 2. The molecule has 0 saturated heterocycles. The van der Waals surface area contributed by atoms with Crippen molar-refractivity contribution in [2.45, 2.75) is 64.7 Å². The van der Waals surface area contributed by atoms with Gasteiger partial charge in [0.25, 0.3) is 0 Å². The number of anilines is 3. The number of fused-ring (bicyclic) bond motifs is 8. The molecule has 1 heterocycles. The quantitative estimate of drug-likeness (QED) is 0.108. The Hall–Kier alpha value is -4.70. The van der Waals surface area contributed by atoms with Crippen molar-refractivity contribution in [3.8, 4) is 11.5 Å². The molecular formula is C49H48B2N2O2. The number of phenolic OH excluding ortho intramolecular Hbond substituents is 2. The SMILES string of the molecule is [B]c1c([B])c(Cc2ccccc2N=Cc2ccc(N3c4ccccc4C4(c5ccccc53)C3CC(C)C5CC6CC(C)C4C(C6)C5C3)cc2)c(O)c(O)c1C. The topological polar surface area (TPSA) is 56.1 Å². The lowest BCUT2D eigenvalue weighted by Gasteiger charge is -2.69. The predicted octanol–water partition coefficient (Wildman–Crippen LogP) is 9.38. The number of rotatable bonds is 5. The van der Waals surface area contributed by atoms with E-state index in [1.165, 1.54) is 43.5 Å². The van der Waals surface area contributed by atoms with Crippen molar-refractivity contribution in [3.05, 3.63) is 130 Å². The number of hydrogen-bond acceptors (Lipinski definition) is 4. The first-order valence-electron chi connectivity index (χ1n) is 20.5. The van der Waals surface area contributed by atoms with E-state index >= 15 is 0 Å². The summed E-state index contributed by atoms with van der Waals surface area (Å²) in [6.07, 6.45) is 9.16. The van der Waals surface area contributed by atoms with Gasteiger partial charge in [0.15, 0.2) is 11.5 Å². The predicted molar refractivity (Wildman–Crippen MR) is 226 cm³/mol. The molecule has 55 heavy (non-hydrogen) atoms. The van der Waals surface area contributed by atoms with Gasteiger partial charge in [-0.25, -0.2) is 0 Å². The molecule has 6 heteroatoms. The molecule has 4 fully saturated rings. The van der Waals surface area contributed by atoms with Gasteiger partial charge in [0.2, 0.25) is 0 Å². The Kier molecular flexibility index (Phi) is 8.18. The van der Waals surface area contributed by atoms with Gasteiger partial charge in [-0.05, 0) is 150 Å². The van der Waals surface area contributed by atoms with Crippen LogP contribution in [0.4, 0.5) is 22.7 Å². The van der Waals surface area contributed by atoms with E-state index in [0.717, 1.165) is 52.1 Å². The maximum Gasteiger partial charge on any atom is 0.160 e. The van der Waals surface area contributed by atoms with Crippen molar-refractivity contribution in [1.82, 2.24) is 0 Å². The number of aliphatic imine (C=N–C) groups is 1. The lowest BCUT2D eigenvalue weighted by Crippen LogP contribution is -2.64. The molecule has 1 aliphatic heterocycles. The van der Waals surface area contributed by atoms with Crippen LogP contribution in [0.3, 0.4) is 0 Å². The van der Waals surface area contributed by atoms with Gasteiger partial charge in [-0.2, -0.15) is 0 Å². The van der Waals surface area contributed by atoms with Gasteiger partial charge >= 0.3 is 0 Å². The van der Waals surface area contributed by atoms with E-state index in [2.05, 4.69) is 91.5 Å². The molecule has 2 N–H and O–H groups in total. The fourth-order valence-corrected chi connectivity index (χ4v) is 13.1. The summed E-state index contributed by atoms with van der Waals surface area (Å²) in [5, 5.41) is 21.2. The van der Waals surface area contributed by atoms with Crippen molar-refractivity contribution >= 4 is 55.6 Å². The summed E-state index contributed by atoms with van der Waals surface area (Å²) in [5.41, 5.74) is 10.9. The second-order valence-corrected chi connectivity index (χ2v) is 17.7. The standard InChI is InChI=1S/C49H48B2N2O2/c1-27-21-33-25-36-35(27)22-31-20-28(2)44(37(36)23-31)49(33)39-11-5-8-14-42(39)53(43-15-9-6-12-40(43)49)34-18-16-30(17-19-34)26-52-41-13-7-4-10-32(41)24-38-46(51)45(50)29(3)47(54)48(38)55/h4-19,26-28,31,33,35-37,44,54-55H,20-25H2,1-3H3. The number of para-hydroxylation sites is 3. The summed E-state index contributed by atoms with van der Waals surface area (Å²) in [4.78, 5) is 7.42. The zero-order chi connectivity index (χ0) is 37.7. The summed E-state index contributed by atoms with van der Waals surface area (Å²) in [6.45, 7) is 6.84. The van der Waals surface area contributed by atoms with E-state index < -0.39 is 0 Å². The average molecular weight is 719 g/mol. The number of phenols is 2. The van der Waals surface area contributed by atoms with E-state index in [0.29, 0.717) is 28.9 Å². The molecule has 5 aromatic carbocycles. The summed E-state index contributed by atoms with van der Waals surface area (Å²) >= 11 is 0. The second-order valence-electron chi connectivity index (χ2n) is 17.7. The van der Waals surface area contributed by atoms with Crippen LogP contribution in [0.25, 0.3) is 0 Å². The molecule has 0 aromatic heterocycles. The third-order valence-corrected chi connectivity index (χ3v) is 15.1. The molecule has 272 valence electrons. The zero-order valence-electron chi connectivity index (χ0n) is 32.1. The van der Waals surface area contributed by atoms with E-state index in [1.54, 1.807) is 18.1 Å². The molecule has 4 saturated carbocycles. The first-order chi connectivity index (χ1) is 26.7. The Bertz CT molecular complexity index is 2280. The van der Waals surface area contributed by atoms with Gasteiger partial charge in [-0.15, -0.1) is 0 Å². The minimum Gasteiger partial charge on any atom is -0.504 e. The average Bonchev–Trinajstić information content (AvgIpc) is 3.21. The Balaban J connectivity index is 1.01. The van der Waals surface area contributed by atoms with E-state index in [-0.39, 0.29) is 34.3 Å². The Morgan fingerprint density at radius 2 is 1.36 bits per heavy atom. The van der Waals surface area contributed by atoms with Gasteiger partial charge in [-0.1, -0.05) is 91.5 Å². The van der Waals surface area contributed by atoms with Gasteiger partial charge < -0.3 is 15.1 Å². The maximum atomic E-state index is 10.8. The number of hydrogen-bond donors (Lipinski definition) is 2. The van der Waals surface area contributed by atoms with Crippen molar-refractivity contribution in [2.75, 3.05) is 4.90 Å². The monoisotopic (exact) mass is 718 g/mol. The van der Waals surface area contributed by atoms with Crippen molar-refractivity contribution in [2.24, 2.45) is 52.3 Å². The molecule has 4 radical (unpaired) electrons. The molecule has 5 aliphatic rings. The van der Waals surface area contributed by atoms with Crippen LogP contribution in [0, 0.1) is 54.3 Å². The molecule has 4 aliphatic carbocycles. The van der Waals surface area contributed by atoms with Gasteiger partial charge in [0, 0.05) is 23.7 Å². The van der Waals surface area contributed by atoms with Crippen LogP contribution in [0.1, 0.15) is 79.3 Å². The normalized spacial score (nSPS) is 28.3. The largest absolute Gasteiger partial charge is 0.504 e. The van der Waals surface area contributed by atoms with E-state index in [9.17, 15) is 10.2 Å². The first-order valence-corrected chi connectivity index (χ1v) is 20.5. The molecule has 8 atom stereocenters. The van der Waals surface area contributed by atoms with Crippen LogP contribution in [-0.4, -0.2) is 32.1 Å². The van der Waals surface area contributed by atoms with Crippen LogP contribution in [0.2, 0.25) is 0 Å². The fraction of sp³-hybridized carbons (Fsp3) is 0.367. The van der Waals surface area contributed by atoms with Gasteiger partial charge in [-0.3, -0.25) is 4.99 Å². The van der Waals surface area contributed by atoms with E-state index in [1.807, 2.05) is 30.5 Å². The highest BCUT2D eigenvalue weighted by Crippen LogP contribution is 2.72. The third kappa shape index (κ3) is 5.08. The summed E-state index contributed by atoms with van der Waals surface area (Å²) in [7, 11) is 12.5. The minimum atomic E-state index is -0.240. The number of nitrogens with zero attached hydrogens (tertiary/aromatic N) is 2. The smallest absolute Gasteiger partial charge is 0.160 e. The van der Waals surface area contributed by atoms with Gasteiger partial charge in [0.05, 0.1) is 17.1 Å².